The number of nitriles is 1. The number of halogens is 1. The third-order valence-corrected chi connectivity index (χ3v) is 4.91. The lowest BCUT2D eigenvalue weighted by atomic mass is 10.00. The maximum Gasteiger partial charge on any atom is 0.419 e. The molecule has 0 aliphatic carbocycles. The Balaban J connectivity index is 1.77. The number of fused-ring (bicyclic) bond motifs is 1. The number of carbonyl (C=O) groups is 1. The van der Waals surface area contributed by atoms with Crippen molar-refractivity contribution >= 4 is 17.0 Å². The number of aromatic nitrogens is 1. The van der Waals surface area contributed by atoms with E-state index in [1.54, 1.807) is 56.4 Å². The second-order valence-corrected chi connectivity index (χ2v) is 7.59. The molecule has 162 valence electrons. The number of aryl methyl sites for hydroxylation is 1. The molecule has 0 bridgehead atoms. The molecular formula is C22H23FN4O4. The highest BCUT2D eigenvalue weighted by molar-refractivity contribution is 5.82. The molecule has 0 saturated heterocycles. The minimum Gasteiger partial charge on any atom is -0.408 e. The SMILES string of the molecule is CN(C)C[C@H](O)C(=O)N[C@H](C#N)Cc1ccc(-c2ccc3oc(=O)n(C)c3c2)cc1F. The summed E-state index contributed by atoms with van der Waals surface area (Å²) in [4.78, 5) is 25.3. The number of benzene rings is 2. The average molecular weight is 426 g/mol. The molecule has 2 atom stereocenters. The number of nitrogens with zero attached hydrogens (tertiary/aromatic N) is 3. The van der Waals surface area contributed by atoms with Gasteiger partial charge in [0.25, 0.3) is 5.91 Å². The summed E-state index contributed by atoms with van der Waals surface area (Å²) >= 11 is 0. The van der Waals surface area contributed by atoms with Crippen molar-refractivity contribution in [2.45, 2.75) is 18.6 Å². The van der Waals surface area contributed by atoms with Gasteiger partial charge in [-0.15, -0.1) is 0 Å². The highest BCUT2D eigenvalue weighted by Crippen LogP contribution is 2.26. The lowest BCUT2D eigenvalue weighted by Crippen LogP contribution is -2.45. The van der Waals surface area contributed by atoms with Gasteiger partial charge in [0.1, 0.15) is 18.0 Å². The summed E-state index contributed by atoms with van der Waals surface area (Å²) in [5.74, 6) is -1.69. The number of aliphatic hydroxyl groups is 1. The summed E-state index contributed by atoms with van der Waals surface area (Å²) in [6.07, 6.45) is -1.33. The van der Waals surface area contributed by atoms with Crippen molar-refractivity contribution < 1.29 is 18.7 Å². The van der Waals surface area contributed by atoms with E-state index in [9.17, 15) is 24.3 Å². The van der Waals surface area contributed by atoms with Crippen LogP contribution >= 0.6 is 0 Å². The number of carbonyl (C=O) groups excluding carboxylic acids is 1. The van der Waals surface area contributed by atoms with E-state index in [0.29, 0.717) is 22.2 Å². The summed E-state index contributed by atoms with van der Waals surface area (Å²) in [6, 6.07) is 10.6. The molecule has 0 spiro atoms. The molecule has 2 N–H and O–H groups in total. The lowest BCUT2D eigenvalue weighted by molar-refractivity contribution is -0.130. The Morgan fingerprint density at radius 3 is 2.61 bits per heavy atom. The summed E-state index contributed by atoms with van der Waals surface area (Å²) in [5.41, 5.74) is 2.59. The number of nitrogens with one attached hydrogen (secondary N) is 1. The maximum atomic E-state index is 14.7. The van der Waals surface area contributed by atoms with Gasteiger partial charge in [0.05, 0.1) is 11.6 Å². The van der Waals surface area contributed by atoms with Gasteiger partial charge >= 0.3 is 5.76 Å². The fourth-order valence-corrected chi connectivity index (χ4v) is 3.24. The quantitative estimate of drug-likeness (QED) is 0.591. The molecule has 0 fully saturated rings. The van der Waals surface area contributed by atoms with Crippen molar-refractivity contribution in [1.29, 1.82) is 5.26 Å². The summed E-state index contributed by atoms with van der Waals surface area (Å²) < 4.78 is 21.2. The van der Waals surface area contributed by atoms with Crippen LogP contribution in [0.1, 0.15) is 5.56 Å². The fraction of sp³-hybridized carbons (Fsp3) is 0.318. The van der Waals surface area contributed by atoms with Crippen molar-refractivity contribution in [3.63, 3.8) is 0 Å². The predicted octanol–water partition coefficient (Wildman–Crippen LogP) is 1.41. The second-order valence-electron chi connectivity index (χ2n) is 7.59. The minimum atomic E-state index is -1.29. The Hall–Kier alpha value is -3.48. The van der Waals surface area contributed by atoms with Crippen molar-refractivity contribution in [3.8, 4) is 17.2 Å². The van der Waals surface area contributed by atoms with Gasteiger partial charge in [-0.1, -0.05) is 18.2 Å². The van der Waals surface area contributed by atoms with Gasteiger partial charge in [-0.05, 0) is 49.0 Å². The Kier molecular flexibility index (Phi) is 6.53. The van der Waals surface area contributed by atoms with Crippen molar-refractivity contribution in [3.05, 3.63) is 58.3 Å². The summed E-state index contributed by atoms with van der Waals surface area (Å²) in [6.45, 7) is 0.111. The van der Waals surface area contributed by atoms with E-state index in [0.717, 1.165) is 0 Å². The monoisotopic (exact) mass is 426 g/mol. The highest BCUT2D eigenvalue weighted by atomic mass is 19.1. The van der Waals surface area contributed by atoms with Crippen LogP contribution in [0.15, 0.2) is 45.6 Å². The lowest BCUT2D eigenvalue weighted by Gasteiger charge is -2.18. The number of hydrogen-bond acceptors (Lipinski definition) is 6. The first-order chi connectivity index (χ1) is 14.7. The molecule has 0 radical (unpaired) electrons. The molecule has 3 aromatic rings. The zero-order valence-electron chi connectivity index (χ0n) is 17.4. The Bertz CT molecular complexity index is 1210. The molecule has 2 aromatic carbocycles. The second kappa shape index (κ2) is 9.12. The van der Waals surface area contributed by atoms with Crippen LogP contribution in [0.3, 0.4) is 0 Å². The molecule has 31 heavy (non-hydrogen) atoms. The number of hydrogen-bond donors (Lipinski definition) is 2. The van der Waals surface area contributed by atoms with Crippen LogP contribution in [0.25, 0.3) is 22.2 Å². The van der Waals surface area contributed by atoms with E-state index < -0.39 is 29.6 Å². The van der Waals surface area contributed by atoms with Gasteiger partial charge in [-0.25, -0.2) is 9.18 Å². The molecule has 0 saturated carbocycles. The molecule has 0 aliphatic rings. The predicted molar refractivity (Wildman–Crippen MR) is 113 cm³/mol. The highest BCUT2D eigenvalue weighted by Gasteiger charge is 2.21. The van der Waals surface area contributed by atoms with Crippen LogP contribution in [0.4, 0.5) is 4.39 Å². The normalized spacial score (nSPS) is 13.2. The molecule has 3 rings (SSSR count). The molecule has 1 heterocycles. The Morgan fingerprint density at radius 1 is 1.29 bits per heavy atom. The van der Waals surface area contributed by atoms with Crippen molar-refractivity contribution in [2.75, 3.05) is 20.6 Å². The van der Waals surface area contributed by atoms with E-state index in [4.69, 9.17) is 4.42 Å². The number of aliphatic hydroxyl groups excluding tert-OH is 1. The Morgan fingerprint density at radius 2 is 1.97 bits per heavy atom. The minimum absolute atomic E-state index is 0.0433. The first-order valence-corrected chi connectivity index (χ1v) is 9.60. The number of amides is 1. The molecule has 9 heteroatoms. The van der Waals surface area contributed by atoms with Gasteiger partial charge in [0.2, 0.25) is 0 Å². The Labute approximate surface area is 178 Å². The van der Waals surface area contributed by atoms with Gasteiger partial charge in [-0.2, -0.15) is 5.26 Å². The average Bonchev–Trinajstić information content (AvgIpc) is 3.01. The zero-order chi connectivity index (χ0) is 22.7. The van der Waals surface area contributed by atoms with E-state index >= 15 is 0 Å². The molecule has 0 unspecified atom stereocenters. The summed E-state index contributed by atoms with van der Waals surface area (Å²) in [7, 11) is 5.01. The van der Waals surface area contributed by atoms with Gasteiger partial charge < -0.3 is 19.7 Å². The van der Waals surface area contributed by atoms with Crippen molar-refractivity contribution in [1.82, 2.24) is 14.8 Å². The van der Waals surface area contributed by atoms with Gasteiger partial charge in [-0.3, -0.25) is 9.36 Å². The number of rotatable bonds is 7. The largest absolute Gasteiger partial charge is 0.419 e. The molecule has 0 aliphatic heterocycles. The first kappa shape index (κ1) is 22.2. The standard InChI is InChI=1S/C22H23FN4O4/c1-26(2)12-19(28)21(29)25-16(11-24)8-15-5-4-13(9-17(15)23)14-6-7-20-18(10-14)27(3)22(30)31-20/h4-7,9-10,16,19,28H,8,12H2,1-3H3,(H,25,29)/t16-,19-/m0/s1. The van der Waals surface area contributed by atoms with E-state index in [2.05, 4.69) is 5.32 Å². The molecular weight excluding hydrogens is 403 g/mol. The maximum absolute atomic E-state index is 14.7. The third-order valence-electron chi connectivity index (χ3n) is 4.91. The number of likely N-dealkylation sites (N-methyl/N-ethyl adjacent to an activating group) is 1. The molecule has 1 amide bonds. The smallest absolute Gasteiger partial charge is 0.408 e. The van der Waals surface area contributed by atoms with E-state index in [-0.39, 0.29) is 18.5 Å². The first-order valence-electron chi connectivity index (χ1n) is 9.60. The van der Waals surface area contributed by atoms with Crippen LogP contribution in [0, 0.1) is 17.1 Å². The number of oxazole rings is 1. The van der Waals surface area contributed by atoms with Crippen LogP contribution < -0.4 is 11.1 Å². The van der Waals surface area contributed by atoms with Crippen molar-refractivity contribution in [2.24, 2.45) is 7.05 Å². The van der Waals surface area contributed by atoms with E-state index in [1.807, 2.05) is 6.07 Å². The van der Waals surface area contributed by atoms with E-state index in [1.165, 1.54) is 10.6 Å². The molecule has 1 aromatic heterocycles. The van der Waals surface area contributed by atoms with Crippen LogP contribution in [-0.2, 0) is 18.3 Å². The van der Waals surface area contributed by atoms with Crippen LogP contribution in [0.2, 0.25) is 0 Å². The summed E-state index contributed by atoms with van der Waals surface area (Å²) in [5, 5.41) is 21.6. The zero-order valence-corrected chi connectivity index (χ0v) is 17.4. The molecule has 8 nitrogen and oxygen atoms in total. The fourth-order valence-electron chi connectivity index (χ4n) is 3.24. The van der Waals surface area contributed by atoms with Gasteiger partial charge in [0.15, 0.2) is 5.58 Å². The van der Waals surface area contributed by atoms with Crippen LogP contribution in [-0.4, -0.2) is 53.3 Å². The third kappa shape index (κ3) is 4.99. The van der Waals surface area contributed by atoms with Crippen LogP contribution in [0.5, 0.6) is 0 Å². The topological polar surface area (TPSA) is 112 Å². The van der Waals surface area contributed by atoms with Gasteiger partial charge in [0, 0.05) is 20.0 Å².